The van der Waals surface area contributed by atoms with Crippen LogP contribution in [0.5, 0.6) is 0 Å². The molecule has 12 heteroatoms. The minimum atomic E-state index is -1.83. The van der Waals surface area contributed by atoms with Crippen molar-refractivity contribution in [2.24, 2.45) is 28.5 Å². The first-order chi connectivity index (χ1) is 15.7. The molecule has 1 saturated heterocycles. The summed E-state index contributed by atoms with van der Waals surface area (Å²) in [6, 6.07) is 2.95. The summed E-state index contributed by atoms with van der Waals surface area (Å²) < 4.78 is 0. The Morgan fingerprint density at radius 2 is 1.82 bits per heavy atom. The van der Waals surface area contributed by atoms with Gasteiger partial charge in [0, 0.05) is 12.7 Å². The van der Waals surface area contributed by atoms with Crippen molar-refractivity contribution >= 4 is 29.5 Å². The van der Waals surface area contributed by atoms with Gasteiger partial charge in [-0.25, -0.2) is 4.79 Å². The number of amides is 1. The first kappa shape index (κ1) is 28.7. The molecule has 2 rings (SSSR count). The molecule has 1 aliphatic heterocycles. The van der Waals surface area contributed by atoms with Crippen LogP contribution in [0.25, 0.3) is 0 Å². The fourth-order valence-electron chi connectivity index (χ4n) is 4.22. The van der Waals surface area contributed by atoms with Gasteiger partial charge in [0.1, 0.15) is 11.5 Å². The predicted molar refractivity (Wildman–Crippen MR) is 124 cm³/mol. The number of aromatic nitrogens is 1. The Balaban J connectivity index is 0.000000404. The Labute approximate surface area is 198 Å². The molecule has 0 aromatic carbocycles. The van der Waals surface area contributed by atoms with Gasteiger partial charge < -0.3 is 27.4 Å². The summed E-state index contributed by atoms with van der Waals surface area (Å²) in [6.45, 7) is 5.31. The minimum absolute atomic E-state index is 0.133. The highest BCUT2D eigenvalue weighted by molar-refractivity contribution is 6.09. The second-order valence-corrected chi connectivity index (χ2v) is 9.33. The smallest absolute Gasteiger partial charge is 0.332 e. The number of aliphatic carboxylic acids is 2. The van der Waals surface area contributed by atoms with Gasteiger partial charge >= 0.3 is 11.9 Å². The molecule has 1 aromatic heterocycles. The number of amidine groups is 1. The molecule has 34 heavy (non-hydrogen) atoms. The maximum absolute atomic E-state index is 12.5. The quantitative estimate of drug-likeness (QED) is 0.167. The second kappa shape index (κ2) is 11.7. The van der Waals surface area contributed by atoms with E-state index in [-0.39, 0.29) is 17.8 Å². The Morgan fingerprint density at radius 1 is 1.21 bits per heavy atom. The summed E-state index contributed by atoms with van der Waals surface area (Å²) in [7, 11) is 0. The summed E-state index contributed by atoms with van der Waals surface area (Å²) in [4.78, 5) is 51.2. The first-order valence-electron chi connectivity index (χ1n) is 10.7. The summed E-state index contributed by atoms with van der Waals surface area (Å²) in [6.07, 6.45) is 3.05. The van der Waals surface area contributed by atoms with E-state index in [1.807, 2.05) is 20.8 Å². The maximum atomic E-state index is 12.5. The van der Waals surface area contributed by atoms with Gasteiger partial charge in [0.25, 0.3) is 0 Å². The Bertz CT molecular complexity index is 894. The number of carboxylic acids is 2. The van der Waals surface area contributed by atoms with E-state index in [1.54, 1.807) is 0 Å². The van der Waals surface area contributed by atoms with Crippen molar-refractivity contribution in [3.8, 4) is 0 Å². The number of nitrogens with two attached hydrogens (primary N) is 3. The number of rotatable bonds is 8. The van der Waals surface area contributed by atoms with Gasteiger partial charge in [-0.15, -0.1) is 0 Å². The van der Waals surface area contributed by atoms with Gasteiger partial charge in [0.2, 0.25) is 5.91 Å². The molecule has 9 N–H and O–H groups in total. The van der Waals surface area contributed by atoms with E-state index < -0.39 is 48.2 Å². The summed E-state index contributed by atoms with van der Waals surface area (Å²) in [5.41, 5.74) is 14.2. The van der Waals surface area contributed by atoms with Crippen molar-refractivity contribution in [2.75, 3.05) is 19.6 Å². The molecular weight excluding hydrogens is 444 g/mol. The van der Waals surface area contributed by atoms with E-state index in [2.05, 4.69) is 4.98 Å². The van der Waals surface area contributed by atoms with Crippen molar-refractivity contribution in [2.45, 2.75) is 45.6 Å². The summed E-state index contributed by atoms with van der Waals surface area (Å²) >= 11 is 0. The molecule has 0 bridgehead atoms. The molecule has 1 aromatic rings. The molecule has 2 unspecified atom stereocenters. The number of carboxylic acid groups (broad SMARTS) is 2. The third-order valence-electron chi connectivity index (χ3n) is 5.52. The fraction of sp³-hybridized carbons (Fsp3) is 0.545. The lowest BCUT2D eigenvalue weighted by Gasteiger charge is -2.48. The van der Waals surface area contributed by atoms with Crippen molar-refractivity contribution in [3.05, 3.63) is 29.6 Å². The highest BCUT2D eigenvalue weighted by atomic mass is 16.4. The number of nitrogen functional groups attached to an aromatic ring is 1. The number of Topliss-reactive ketones (excluding diaryl/α,β-unsaturated/α-hetero) is 1. The van der Waals surface area contributed by atoms with E-state index in [0.29, 0.717) is 30.5 Å². The average Bonchev–Trinajstić information content (AvgIpc) is 2.72. The Kier molecular flexibility index (Phi) is 9.82. The lowest BCUT2D eigenvalue weighted by molar-refractivity contribution is -0.169. The van der Waals surface area contributed by atoms with Crippen LogP contribution in [0.4, 0.5) is 0 Å². The molecule has 12 nitrogen and oxygen atoms in total. The van der Waals surface area contributed by atoms with Crippen molar-refractivity contribution in [3.63, 3.8) is 0 Å². The summed E-state index contributed by atoms with van der Waals surface area (Å²) in [5, 5.41) is 25.9. The number of hydrogen-bond acceptors (Lipinski definition) is 8. The van der Waals surface area contributed by atoms with Gasteiger partial charge in [-0.2, -0.15) is 0 Å². The van der Waals surface area contributed by atoms with Gasteiger partial charge in [0.15, 0.2) is 11.3 Å². The number of piperidine rings is 1. The zero-order valence-corrected chi connectivity index (χ0v) is 19.7. The molecule has 1 fully saturated rings. The van der Waals surface area contributed by atoms with Crippen molar-refractivity contribution in [1.82, 2.24) is 9.88 Å². The van der Waals surface area contributed by atoms with E-state index >= 15 is 0 Å². The number of ketones is 1. The van der Waals surface area contributed by atoms with Crippen LogP contribution in [-0.4, -0.2) is 74.7 Å². The standard InChI is InChI=1S/C15H26N2O5.C7H8N4O/c1-14(2,3)7-10-5-4-6-17(9-12(19)20)15(10,13(21)22)11(18)8-16;8-6(9)5-2-1-4(3-11-5)7(10)12/h10H,4-9,16H2,1-3H3,(H,19,20)(H,21,22);1-3H,(H3,8,9)(H2,10,12). The summed E-state index contributed by atoms with van der Waals surface area (Å²) in [5.74, 6) is -4.18. The van der Waals surface area contributed by atoms with Gasteiger partial charge in [-0.05, 0) is 42.7 Å². The van der Waals surface area contributed by atoms with E-state index in [0.717, 1.165) is 0 Å². The van der Waals surface area contributed by atoms with Crippen LogP contribution in [0.15, 0.2) is 18.3 Å². The monoisotopic (exact) mass is 478 g/mol. The van der Waals surface area contributed by atoms with Crippen LogP contribution in [0.1, 0.15) is 56.1 Å². The number of hydrogen-bond donors (Lipinski definition) is 6. The largest absolute Gasteiger partial charge is 0.480 e. The molecule has 2 atom stereocenters. The molecule has 0 spiro atoms. The molecule has 188 valence electrons. The fourth-order valence-corrected chi connectivity index (χ4v) is 4.22. The number of nitrogens with one attached hydrogen (secondary N) is 1. The molecule has 0 saturated carbocycles. The second-order valence-electron chi connectivity index (χ2n) is 9.33. The third kappa shape index (κ3) is 7.06. The van der Waals surface area contributed by atoms with Crippen LogP contribution in [0.2, 0.25) is 0 Å². The van der Waals surface area contributed by atoms with Gasteiger partial charge in [0.05, 0.1) is 18.7 Å². The third-order valence-corrected chi connectivity index (χ3v) is 5.52. The molecular formula is C22H34N6O6. The first-order valence-corrected chi connectivity index (χ1v) is 10.7. The normalized spacial score (nSPS) is 20.5. The number of pyridine rings is 1. The SMILES string of the molecule is CC(C)(C)CC1CCCN(CC(=O)O)C1(C(=O)O)C(=O)CN.N=C(N)c1ccc(C(N)=O)cn1. The van der Waals surface area contributed by atoms with Crippen LogP contribution >= 0.6 is 0 Å². The molecule has 2 heterocycles. The zero-order valence-electron chi connectivity index (χ0n) is 19.7. The molecule has 0 aliphatic carbocycles. The van der Waals surface area contributed by atoms with Crippen LogP contribution < -0.4 is 17.2 Å². The molecule has 1 amide bonds. The maximum Gasteiger partial charge on any atom is 0.332 e. The minimum Gasteiger partial charge on any atom is -0.480 e. The lowest BCUT2D eigenvalue weighted by Crippen LogP contribution is -2.69. The molecule has 0 radical (unpaired) electrons. The van der Waals surface area contributed by atoms with Crippen molar-refractivity contribution < 1.29 is 29.4 Å². The Morgan fingerprint density at radius 3 is 2.21 bits per heavy atom. The van der Waals surface area contributed by atoms with E-state index in [1.165, 1.54) is 23.2 Å². The topological polar surface area (TPSA) is 227 Å². The van der Waals surface area contributed by atoms with Crippen LogP contribution in [0.3, 0.4) is 0 Å². The van der Waals surface area contributed by atoms with Gasteiger partial charge in [-0.1, -0.05) is 20.8 Å². The van der Waals surface area contributed by atoms with E-state index in [9.17, 15) is 24.3 Å². The number of likely N-dealkylation sites (tertiary alicyclic amines) is 1. The number of nitrogens with zero attached hydrogens (tertiary/aromatic N) is 2. The van der Waals surface area contributed by atoms with Gasteiger partial charge in [-0.3, -0.25) is 29.7 Å². The average molecular weight is 479 g/mol. The highest BCUT2D eigenvalue weighted by Crippen LogP contribution is 2.41. The Hall–Kier alpha value is -3.38. The zero-order chi connectivity index (χ0) is 26.3. The van der Waals surface area contributed by atoms with Crippen molar-refractivity contribution in [1.29, 1.82) is 5.41 Å². The lowest BCUT2D eigenvalue weighted by atomic mass is 9.67. The molecule has 1 aliphatic rings. The number of carbonyl (C=O) groups excluding carboxylic acids is 2. The van der Waals surface area contributed by atoms with Crippen LogP contribution in [-0.2, 0) is 14.4 Å². The van der Waals surface area contributed by atoms with E-state index in [4.69, 9.17) is 27.7 Å². The highest BCUT2D eigenvalue weighted by Gasteiger charge is 2.58. The predicted octanol–water partition coefficient (Wildman–Crippen LogP) is 0.0350. The number of carbonyl (C=O) groups is 4. The number of primary amides is 1. The van der Waals surface area contributed by atoms with Crippen LogP contribution in [0, 0.1) is 16.7 Å².